The number of rotatable bonds is 5. The first-order valence-corrected chi connectivity index (χ1v) is 7.97. The molecule has 24 heavy (non-hydrogen) atoms. The number of aliphatic hydroxyl groups excluding tert-OH is 1. The second kappa shape index (κ2) is 6.84. The van der Waals surface area contributed by atoms with Crippen LogP contribution in [0.3, 0.4) is 0 Å². The average Bonchev–Trinajstić information content (AvgIpc) is 2.91. The SMILES string of the molecule is Cc1cccc2nc(CNC(=O)CC(O)c3ccccc3)n(C)c12. The van der Waals surface area contributed by atoms with Crippen molar-refractivity contribution in [1.29, 1.82) is 0 Å². The topological polar surface area (TPSA) is 67.2 Å². The molecule has 1 unspecified atom stereocenters. The predicted octanol–water partition coefficient (Wildman–Crippen LogP) is 2.62. The summed E-state index contributed by atoms with van der Waals surface area (Å²) < 4.78 is 2.00. The number of aryl methyl sites for hydroxylation is 2. The fourth-order valence-electron chi connectivity index (χ4n) is 2.89. The summed E-state index contributed by atoms with van der Waals surface area (Å²) in [4.78, 5) is 16.7. The molecule has 5 nitrogen and oxygen atoms in total. The minimum atomic E-state index is -0.797. The Morgan fingerprint density at radius 1 is 1.21 bits per heavy atom. The number of hydrogen-bond acceptors (Lipinski definition) is 3. The number of imidazole rings is 1. The zero-order valence-corrected chi connectivity index (χ0v) is 13.9. The quantitative estimate of drug-likeness (QED) is 0.758. The third kappa shape index (κ3) is 3.31. The Labute approximate surface area is 141 Å². The molecule has 3 aromatic rings. The number of aliphatic hydroxyl groups is 1. The van der Waals surface area contributed by atoms with E-state index in [9.17, 15) is 9.90 Å². The van der Waals surface area contributed by atoms with Crippen LogP contribution in [-0.4, -0.2) is 20.6 Å². The van der Waals surface area contributed by atoms with Crippen LogP contribution >= 0.6 is 0 Å². The number of nitrogens with one attached hydrogen (secondary N) is 1. The van der Waals surface area contributed by atoms with Gasteiger partial charge in [0, 0.05) is 7.05 Å². The molecule has 124 valence electrons. The van der Waals surface area contributed by atoms with Crippen LogP contribution in [0.1, 0.15) is 29.5 Å². The zero-order chi connectivity index (χ0) is 17.1. The summed E-state index contributed by atoms with van der Waals surface area (Å²) in [6, 6.07) is 15.2. The van der Waals surface area contributed by atoms with E-state index in [4.69, 9.17) is 0 Å². The Hall–Kier alpha value is -2.66. The number of benzene rings is 2. The maximum absolute atomic E-state index is 12.1. The molecule has 0 saturated carbocycles. The van der Waals surface area contributed by atoms with E-state index in [1.165, 1.54) is 0 Å². The first kappa shape index (κ1) is 16.2. The third-order valence-corrected chi connectivity index (χ3v) is 4.20. The van der Waals surface area contributed by atoms with E-state index in [1.54, 1.807) is 0 Å². The van der Waals surface area contributed by atoms with Crippen molar-refractivity contribution in [1.82, 2.24) is 14.9 Å². The number of hydrogen-bond donors (Lipinski definition) is 2. The van der Waals surface area contributed by atoms with Gasteiger partial charge in [0.05, 0.1) is 30.1 Å². The third-order valence-electron chi connectivity index (χ3n) is 4.20. The van der Waals surface area contributed by atoms with Gasteiger partial charge in [-0.2, -0.15) is 0 Å². The van der Waals surface area contributed by atoms with Crippen molar-refractivity contribution in [3.8, 4) is 0 Å². The van der Waals surface area contributed by atoms with Gasteiger partial charge in [-0.1, -0.05) is 42.5 Å². The average molecular weight is 323 g/mol. The molecule has 1 aromatic heterocycles. The second-order valence-electron chi connectivity index (χ2n) is 5.94. The fourth-order valence-corrected chi connectivity index (χ4v) is 2.89. The van der Waals surface area contributed by atoms with Crippen LogP contribution < -0.4 is 5.32 Å². The highest BCUT2D eigenvalue weighted by molar-refractivity contribution is 5.80. The minimum Gasteiger partial charge on any atom is -0.388 e. The number of carbonyl (C=O) groups is 1. The van der Waals surface area contributed by atoms with E-state index >= 15 is 0 Å². The Kier molecular flexibility index (Phi) is 4.62. The fraction of sp³-hybridized carbons (Fsp3) is 0.263. The Morgan fingerprint density at radius 3 is 2.67 bits per heavy atom. The lowest BCUT2D eigenvalue weighted by molar-refractivity contribution is -0.123. The standard InChI is InChI=1S/C19H21N3O2/c1-13-7-6-10-15-19(13)22(2)17(21-15)12-20-18(24)11-16(23)14-8-4-3-5-9-14/h3-10,16,23H,11-12H2,1-2H3,(H,20,24). The predicted molar refractivity (Wildman–Crippen MR) is 93.3 cm³/mol. The molecule has 2 aromatic carbocycles. The van der Waals surface area contributed by atoms with Crippen LogP contribution in [0.5, 0.6) is 0 Å². The van der Waals surface area contributed by atoms with Gasteiger partial charge in [0.1, 0.15) is 5.82 Å². The van der Waals surface area contributed by atoms with Crippen molar-refractivity contribution < 1.29 is 9.90 Å². The summed E-state index contributed by atoms with van der Waals surface area (Å²) >= 11 is 0. The number of fused-ring (bicyclic) bond motifs is 1. The molecule has 0 spiro atoms. The van der Waals surface area contributed by atoms with Crippen molar-refractivity contribution >= 4 is 16.9 Å². The van der Waals surface area contributed by atoms with Gasteiger partial charge in [0.25, 0.3) is 0 Å². The van der Waals surface area contributed by atoms with E-state index in [1.807, 2.05) is 67.1 Å². The van der Waals surface area contributed by atoms with Crippen molar-refractivity contribution in [2.45, 2.75) is 26.0 Å². The molecule has 3 rings (SSSR count). The molecule has 0 aliphatic carbocycles. The Bertz CT molecular complexity index is 856. The van der Waals surface area contributed by atoms with Crippen molar-refractivity contribution in [3.63, 3.8) is 0 Å². The van der Waals surface area contributed by atoms with Crippen molar-refractivity contribution in [2.24, 2.45) is 7.05 Å². The van der Waals surface area contributed by atoms with Crippen LogP contribution in [-0.2, 0) is 18.4 Å². The van der Waals surface area contributed by atoms with E-state index in [0.717, 1.165) is 28.0 Å². The number of nitrogens with zero attached hydrogens (tertiary/aromatic N) is 2. The molecule has 0 fully saturated rings. The lowest BCUT2D eigenvalue weighted by Gasteiger charge is -2.11. The molecule has 0 radical (unpaired) electrons. The number of para-hydroxylation sites is 1. The first-order valence-electron chi connectivity index (χ1n) is 7.97. The Balaban J connectivity index is 1.64. The van der Waals surface area contributed by atoms with Crippen LogP contribution in [0, 0.1) is 6.92 Å². The number of amides is 1. The van der Waals surface area contributed by atoms with Gasteiger partial charge in [-0.3, -0.25) is 4.79 Å². The highest BCUT2D eigenvalue weighted by Gasteiger charge is 2.14. The normalized spacial score (nSPS) is 12.3. The maximum Gasteiger partial charge on any atom is 0.223 e. The summed E-state index contributed by atoms with van der Waals surface area (Å²) in [5.74, 6) is 0.594. The van der Waals surface area contributed by atoms with Gasteiger partial charge < -0.3 is 15.0 Å². The van der Waals surface area contributed by atoms with E-state index in [-0.39, 0.29) is 12.3 Å². The molecule has 1 heterocycles. The summed E-state index contributed by atoms with van der Waals surface area (Å²) in [5.41, 5.74) is 3.89. The maximum atomic E-state index is 12.1. The van der Waals surface area contributed by atoms with Gasteiger partial charge in [-0.25, -0.2) is 4.98 Å². The van der Waals surface area contributed by atoms with Crippen LogP contribution in [0.2, 0.25) is 0 Å². The van der Waals surface area contributed by atoms with Crippen LogP contribution in [0.15, 0.2) is 48.5 Å². The van der Waals surface area contributed by atoms with Crippen LogP contribution in [0.25, 0.3) is 11.0 Å². The molecule has 1 atom stereocenters. The first-order chi connectivity index (χ1) is 11.6. The Morgan fingerprint density at radius 2 is 1.96 bits per heavy atom. The summed E-state index contributed by atoms with van der Waals surface area (Å²) in [5, 5.41) is 13.0. The molecule has 0 bridgehead atoms. The lowest BCUT2D eigenvalue weighted by atomic mass is 10.1. The number of carbonyl (C=O) groups excluding carboxylic acids is 1. The highest BCUT2D eigenvalue weighted by Crippen LogP contribution is 2.19. The van der Waals surface area contributed by atoms with Gasteiger partial charge in [0.2, 0.25) is 5.91 Å². The molecule has 1 amide bonds. The molecule has 2 N–H and O–H groups in total. The monoisotopic (exact) mass is 323 g/mol. The summed E-state index contributed by atoms with van der Waals surface area (Å²) in [6.07, 6.45) is -0.763. The number of aromatic nitrogens is 2. The molecule has 0 aliphatic rings. The van der Waals surface area contributed by atoms with Gasteiger partial charge in [0.15, 0.2) is 0 Å². The van der Waals surface area contributed by atoms with Crippen LogP contribution in [0.4, 0.5) is 0 Å². The minimum absolute atomic E-state index is 0.0347. The molecule has 5 heteroatoms. The molecular formula is C19H21N3O2. The lowest BCUT2D eigenvalue weighted by Crippen LogP contribution is -2.26. The largest absolute Gasteiger partial charge is 0.388 e. The molecule has 0 aliphatic heterocycles. The van der Waals surface area contributed by atoms with Gasteiger partial charge >= 0.3 is 0 Å². The van der Waals surface area contributed by atoms with E-state index < -0.39 is 6.10 Å². The van der Waals surface area contributed by atoms with Gasteiger partial charge in [-0.15, -0.1) is 0 Å². The van der Waals surface area contributed by atoms with Crippen molar-refractivity contribution in [3.05, 3.63) is 65.5 Å². The second-order valence-corrected chi connectivity index (χ2v) is 5.94. The smallest absolute Gasteiger partial charge is 0.223 e. The van der Waals surface area contributed by atoms with E-state index in [2.05, 4.69) is 10.3 Å². The van der Waals surface area contributed by atoms with E-state index in [0.29, 0.717) is 6.54 Å². The zero-order valence-electron chi connectivity index (χ0n) is 13.9. The van der Waals surface area contributed by atoms with Gasteiger partial charge in [-0.05, 0) is 24.1 Å². The summed E-state index contributed by atoms with van der Waals surface area (Å²) in [6.45, 7) is 2.38. The highest BCUT2D eigenvalue weighted by atomic mass is 16.3. The van der Waals surface area contributed by atoms with Crippen molar-refractivity contribution in [2.75, 3.05) is 0 Å². The molecular weight excluding hydrogens is 302 g/mol. The molecule has 0 saturated heterocycles. The summed E-state index contributed by atoms with van der Waals surface area (Å²) in [7, 11) is 1.95.